The largest absolute Gasteiger partial charge is 0.493 e. The van der Waals surface area contributed by atoms with Gasteiger partial charge >= 0.3 is 0 Å². The smallest absolute Gasteiger partial charge is 0.294 e. The van der Waals surface area contributed by atoms with Crippen LogP contribution in [0.4, 0.5) is 0 Å². The number of hydrogen-bond acceptors (Lipinski definition) is 7. The van der Waals surface area contributed by atoms with E-state index in [1.54, 1.807) is 42.8 Å². The zero-order valence-corrected chi connectivity index (χ0v) is 21.2. The van der Waals surface area contributed by atoms with E-state index >= 15 is 0 Å². The van der Waals surface area contributed by atoms with Crippen LogP contribution in [0.25, 0.3) is 6.08 Å². The van der Waals surface area contributed by atoms with Crippen molar-refractivity contribution in [2.45, 2.75) is 10.8 Å². The van der Waals surface area contributed by atoms with Gasteiger partial charge in [0.15, 0.2) is 16.7 Å². The average Bonchev–Trinajstić information content (AvgIpc) is 3.50. The minimum atomic E-state index is -3.92. The fourth-order valence-electron chi connectivity index (χ4n) is 3.20. The zero-order chi connectivity index (χ0) is 24.8. The van der Waals surface area contributed by atoms with E-state index in [1.165, 1.54) is 17.0 Å². The summed E-state index contributed by atoms with van der Waals surface area (Å²) in [4.78, 5) is 14.7. The lowest BCUT2D eigenvalue weighted by molar-refractivity contribution is -0.121. The molecule has 1 fully saturated rings. The van der Waals surface area contributed by atoms with E-state index in [9.17, 15) is 13.2 Å². The number of thioether (sulfide) groups is 1. The van der Waals surface area contributed by atoms with Crippen molar-refractivity contribution in [3.8, 4) is 11.5 Å². The molecule has 2 heterocycles. The molecule has 1 amide bonds. The van der Waals surface area contributed by atoms with Crippen molar-refractivity contribution in [3.63, 3.8) is 0 Å². The summed E-state index contributed by atoms with van der Waals surface area (Å²) in [6.07, 6.45) is 3.20. The van der Waals surface area contributed by atoms with Crippen LogP contribution in [0.5, 0.6) is 11.5 Å². The molecular weight excluding hydrogens is 504 g/mol. The predicted molar refractivity (Wildman–Crippen MR) is 140 cm³/mol. The third-order valence-corrected chi connectivity index (χ3v) is 8.63. The molecule has 35 heavy (non-hydrogen) atoms. The highest BCUT2D eigenvalue weighted by Gasteiger charge is 2.34. The first-order valence-electron chi connectivity index (χ1n) is 10.5. The Morgan fingerprint density at radius 2 is 1.89 bits per heavy atom. The number of amidine groups is 1. The highest BCUT2D eigenvalue weighted by Crippen LogP contribution is 2.36. The van der Waals surface area contributed by atoms with Crippen LogP contribution in [-0.2, 0) is 21.4 Å². The van der Waals surface area contributed by atoms with E-state index in [4.69, 9.17) is 9.47 Å². The van der Waals surface area contributed by atoms with Gasteiger partial charge in [-0.15, -0.1) is 22.3 Å². The quantitative estimate of drug-likeness (QED) is 0.282. The Bertz CT molecular complexity index is 1380. The van der Waals surface area contributed by atoms with Crippen LogP contribution in [0.1, 0.15) is 11.1 Å². The minimum Gasteiger partial charge on any atom is -0.493 e. The van der Waals surface area contributed by atoms with E-state index in [-0.39, 0.29) is 21.8 Å². The molecule has 1 aliphatic rings. The Kier molecular flexibility index (Phi) is 7.74. The number of carbonyl (C=O) groups is 1. The van der Waals surface area contributed by atoms with Gasteiger partial charge in [0.05, 0.1) is 12.0 Å². The molecule has 4 rings (SSSR count). The summed E-state index contributed by atoms with van der Waals surface area (Å²) in [6.45, 7) is 4.19. The molecule has 3 aromatic rings. The van der Waals surface area contributed by atoms with Crippen LogP contribution >= 0.6 is 23.1 Å². The lowest BCUT2D eigenvalue weighted by Gasteiger charge is -2.12. The standard InChI is InChI=1S/C25H22N2O5S3/c1-3-13-27-24(28)22(34-25(27)26-35(29,30)23-10-7-14-33-23)16-19-11-12-20(21(15-19)31-2)32-17-18-8-5-4-6-9-18/h3-12,14-16H,1,13,17H2,2H3. The van der Waals surface area contributed by atoms with E-state index < -0.39 is 10.0 Å². The number of nitrogens with zero attached hydrogens (tertiary/aromatic N) is 2. The number of ether oxygens (including phenoxy) is 2. The van der Waals surface area contributed by atoms with Gasteiger partial charge in [-0.3, -0.25) is 9.69 Å². The Morgan fingerprint density at radius 3 is 2.57 bits per heavy atom. The minimum absolute atomic E-state index is 0.0873. The Hall–Kier alpha value is -3.34. The summed E-state index contributed by atoms with van der Waals surface area (Å²) in [6, 6.07) is 18.2. The van der Waals surface area contributed by atoms with E-state index in [1.807, 2.05) is 30.3 Å². The number of sulfonamides is 1. The molecule has 0 radical (unpaired) electrons. The van der Waals surface area contributed by atoms with Crippen molar-refractivity contribution in [1.29, 1.82) is 0 Å². The van der Waals surface area contributed by atoms with Gasteiger partial charge in [0.1, 0.15) is 10.8 Å². The maximum atomic E-state index is 13.0. The van der Waals surface area contributed by atoms with Crippen LogP contribution < -0.4 is 9.47 Å². The number of methoxy groups -OCH3 is 1. The van der Waals surface area contributed by atoms with Gasteiger partial charge in [-0.25, -0.2) is 0 Å². The maximum absolute atomic E-state index is 13.0. The molecule has 0 bridgehead atoms. The molecule has 0 N–H and O–H groups in total. The van der Waals surface area contributed by atoms with Gasteiger partial charge in [-0.05, 0) is 52.5 Å². The van der Waals surface area contributed by atoms with E-state index in [0.717, 1.165) is 28.7 Å². The third kappa shape index (κ3) is 5.84. The molecule has 1 saturated heterocycles. The van der Waals surface area contributed by atoms with Crippen molar-refractivity contribution >= 4 is 50.3 Å². The van der Waals surface area contributed by atoms with Gasteiger partial charge in [0.25, 0.3) is 15.9 Å². The lowest BCUT2D eigenvalue weighted by atomic mass is 10.1. The second-order valence-corrected chi connectivity index (χ2v) is 11.1. The van der Waals surface area contributed by atoms with E-state index in [2.05, 4.69) is 11.0 Å². The first kappa shape index (κ1) is 24.8. The summed E-state index contributed by atoms with van der Waals surface area (Å²) in [5.41, 5.74) is 1.73. The summed E-state index contributed by atoms with van der Waals surface area (Å²) < 4.78 is 40.7. The van der Waals surface area contributed by atoms with Crippen LogP contribution in [0.3, 0.4) is 0 Å². The van der Waals surface area contributed by atoms with Gasteiger partial charge < -0.3 is 9.47 Å². The highest BCUT2D eigenvalue weighted by atomic mass is 32.2. The van der Waals surface area contributed by atoms with Crippen LogP contribution in [-0.4, -0.2) is 38.0 Å². The molecule has 0 saturated carbocycles. The van der Waals surface area contributed by atoms with Crippen molar-refractivity contribution < 1.29 is 22.7 Å². The number of rotatable bonds is 9. The second kappa shape index (κ2) is 10.9. The molecule has 7 nitrogen and oxygen atoms in total. The van der Waals surface area contributed by atoms with Crippen LogP contribution in [0.15, 0.2) is 92.2 Å². The summed E-state index contributed by atoms with van der Waals surface area (Å²) in [5.74, 6) is 0.739. The number of hydrogen-bond donors (Lipinski definition) is 0. The Labute approximate surface area is 212 Å². The number of amides is 1. The van der Waals surface area contributed by atoms with Crippen LogP contribution in [0.2, 0.25) is 0 Å². The third-order valence-electron chi connectivity index (χ3n) is 4.87. The second-order valence-electron chi connectivity index (χ2n) is 7.28. The topological polar surface area (TPSA) is 85.3 Å². The Balaban J connectivity index is 1.59. The van der Waals surface area contributed by atoms with Gasteiger partial charge in [-0.2, -0.15) is 8.42 Å². The average molecular weight is 527 g/mol. The number of benzene rings is 2. The normalized spacial score (nSPS) is 16.1. The molecule has 1 aromatic heterocycles. The monoisotopic (exact) mass is 526 g/mol. The fraction of sp³-hybridized carbons (Fsp3) is 0.120. The molecule has 0 unspecified atom stereocenters. The first-order chi connectivity index (χ1) is 16.9. The van der Waals surface area contributed by atoms with Gasteiger partial charge in [0.2, 0.25) is 0 Å². The molecule has 0 atom stereocenters. The fourth-order valence-corrected chi connectivity index (χ4v) is 6.36. The SMILES string of the molecule is C=CCN1C(=O)C(=Cc2ccc(OCc3ccccc3)c(OC)c2)SC1=NS(=O)(=O)c1cccs1. The predicted octanol–water partition coefficient (Wildman–Crippen LogP) is 5.18. The summed E-state index contributed by atoms with van der Waals surface area (Å²) in [5, 5.41) is 1.75. The molecule has 10 heteroatoms. The number of carbonyl (C=O) groups excluding carboxylic acids is 1. The maximum Gasteiger partial charge on any atom is 0.294 e. The molecular formula is C25H22N2O5S3. The zero-order valence-electron chi connectivity index (χ0n) is 18.8. The number of thiophene rings is 1. The summed E-state index contributed by atoms with van der Waals surface area (Å²) >= 11 is 2.08. The van der Waals surface area contributed by atoms with Crippen molar-refractivity contribution in [1.82, 2.24) is 4.90 Å². The van der Waals surface area contributed by atoms with Crippen LogP contribution in [0, 0.1) is 0 Å². The molecule has 1 aliphatic heterocycles. The Morgan fingerprint density at radius 1 is 1.09 bits per heavy atom. The van der Waals surface area contributed by atoms with Gasteiger partial charge in [-0.1, -0.05) is 48.5 Å². The molecule has 0 spiro atoms. The molecule has 0 aliphatic carbocycles. The van der Waals surface area contributed by atoms with E-state index in [0.29, 0.717) is 28.6 Å². The lowest BCUT2D eigenvalue weighted by Crippen LogP contribution is -2.29. The van der Waals surface area contributed by atoms with Gasteiger partial charge in [0, 0.05) is 6.54 Å². The molecule has 180 valence electrons. The first-order valence-corrected chi connectivity index (χ1v) is 13.6. The van der Waals surface area contributed by atoms with Crippen molar-refractivity contribution in [2.75, 3.05) is 13.7 Å². The van der Waals surface area contributed by atoms with Crippen molar-refractivity contribution in [2.24, 2.45) is 4.40 Å². The highest BCUT2D eigenvalue weighted by molar-refractivity contribution is 8.19. The summed E-state index contributed by atoms with van der Waals surface area (Å²) in [7, 11) is -2.38. The molecule has 2 aromatic carbocycles. The van der Waals surface area contributed by atoms with Crippen molar-refractivity contribution in [3.05, 3.63) is 94.7 Å².